The molecule has 2 aromatic carbocycles. The van der Waals surface area contributed by atoms with E-state index in [0.717, 1.165) is 17.7 Å². The topological polar surface area (TPSA) is 64.6 Å². The number of sulfonamides is 1. The lowest BCUT2D eigenvalue weighted by Gasteiger charge is -2.27. The Morgan fingerprint density at radius 2 is 2.12 bits per heavy atom. The number of fused-ring (bicyclic) bond motifs is 1. The summed E-state index contributed by atoms with van der Waals surface area (Å²) >= 11 is 5.66. The Bertz CT molecular complexity index is 872. The molecule has 0 aliphatic carbocycles. The standard InChI is InChI=1S/C16H15ClFNO4S/c1-22-15-4-2-3-10-7-11(9-23-16(10)15)19-24(20,21)12-5-6-14(18)13(17)8-12/h2-6,8,11,19H,7,9H2,1H3/t11-/m1/s1. The summed E-state index contributed by atoms with van der Waals surface area (Å²) in [5.74, 6) is 0.567. The number of hydrogen-bond acceptors (Lipinski definition) is 4. The smallest absolute Gasteiger partial charge is 0.241 e. The first-order valence-electron chi connectivity index (χ1n) is 7.17. The summed E-state index contributed by atoms with van der Waals surface area (Å²) in [5, 5.41) is -0.243. The number of nitrogens with one attached hydrogen (secondary N) is 1. The fourth-order valence-corrected chi connectivity index (χ4v) is 4.05. The van der Waals surface area contributed by atoms with Crippen molar-refractivity contribution in [2.45, 2.75) is 17.4 Å². The van der Waals surface area contributed by atoms with Gasteiger partial charge in [-0.1, -0.05) is 23.7 Å². The summed E-state index contributed by atoms with van der Waals surface area (Å²) in [6.07, 6.45) is 0.459. The maximum Gasteiger partial charge on any atom is 0.241 e. The van der Waals surface area contributed by atoms with Gasteiger partial charge in [0.25, 0.3) is 0 Å². The zero-order valence-corrected chi connectivity index (χ0v) is 14.3. The number of halogens is 2. The number of para-hydroxylation sites is 1. The van der Waals surface area contributed by atoms with Crippen molar-refractivity contribution in [2.24, 2.45) is 0 Å². The van der Waals surface area contributed by atoms with E-state index in [1.54, 1.807) is 13.2 Å². The molecule has 5 nitrogen and oxygen atoms in total. The monoisotopic (exact) mass is 371 g/mol. The number of methoxy groups -OCH3 is 1. The summed E-state index contributed by atoms with van der Waals surface area (Å²) in [4.78, 5) is -0.0923. The molecule has 0 spiro atoms. The van der Waals surface area contributed by atoms with E-state index in [1.807, 2.05) is 12.1 Å². The molecule has 1 heterocycles. The van der Waals surface area contributed by atoms with Gasteiger partial charge in [-0.05, 0) is 36.2 Å². The Labute approximate surface area is 144 Å². The van der Waals surface area contributed by atoms with Gasteiger partial charge in [0.2, 0.25) is 10.0 Å². The van der Waals surface area contributed by atoms with Gasteiger partial charge in [-0.25, -0.2) is 17.5 Å². The Balaban J connectivity index is 1.80. The van der Waals surface area contributed by atoms with Crippen LogP contribution in [-0.4, -0.2) is 28.2 Å². The van der Waals surface area contributed by atoms with Crippen LogP contribution in [0.2, 0.25) is 5.02 Å². The Morgan fingerprint density at radius 3 is 2.83 bits per heavy atom. The molecule has 1 aliphatic heterocycles. The normalized spacial score (nSPS) is 17.0. The van der Waals surface area contributed by atoms with E-state index in [2.05, 4.69) is 4.72 Å². The van der Waals surface area contributed by atoms with Crippen LogP contribution in [0.15, 0.2) is 41.3 Å². The molecule has 0 radical (unpaired) electrons. The van der Waals surface area contributed by atoms with Crippen molar-refractivity contribution in [2.75, 3.05) is 13.7 Å². The molecule has 1 N–H and O–H groups in total. The lowest BCUT2D eigenvalue weighted by atomic mass is 10.0. The highest BCUT2D eigenvalue weighted by atomic mass is 35.5. The van der Waals surface area contributed by atoms with Gasteiger partial charge in [0.05, 0.1) is 23.1 Å². The van der Waals surface area contributed by atoms with E-state index < -0.39 is 21.9 Å². The molecule has 2 aromatic rings. The predicted octanol–water partition coefficient (Wildman–Crippen LogP) is 2.77. The molecular formula is C16H15ClFNO4S. The van der Waals surface area contributed by atoms with Gasteiger partial charge < -0.3 is 9.47 Å². The Hall–Kier alpha value is -1.83. The molecule has 0 saturated heterocycles. The van der Waals surface area contributed by atoms with Gasteiger partial charge >= 0.3 is 0 Å². The third-order valence-corrected chi connectivity index (χ3v) is 5.51. The zero-order chi connectivity index (χ0) is 17.3. The molecule has 1 aliphatic rings. The van der Waals surface area contributed by atoms with Crippen LogP contribution < -0.4 is 14.2 Å². The van der Waals surface area contributed by atoms with E-state index in [0.29, 0.717) is 17.9 Å². The molecule has 0 fully saturated rings. The number of hydrogen-bond donors (Lipinski definition) is 1. The minimum Gasteiger partial charge on any atom is -0.493 e. The Morgan fingerprint density at radius 1 is 1.33 bits per heavy atom. The molecule has 24 heavy (non-hydrogen) atoms. The van der Waals surface area contributed by atoms with Crippen molar-refractivity contribution < 1.29 is 22.3 Å². The van der Waals surface area contributed by atoms with Crippen molar-refractivity contribution in [3.63, 3.8) is 0 Å². The van der Waals surface area contributed by atoms with Crippen molar-refractivity contribution >= 4 is 21.6 Å². The van der Waals surface area contributed by atoms with Crippen molar-refractivity contribution in [3.05, 3.63) is 52.8 Å². The minimum absolute atomic E-state index is 0.0923. The van der Waals surface area contributed by atoms with E-state index in [-0.39, 0.29) is 16.5 Å². The van der Waals surface area contributed by atoms with Crippen molar-refractivity contribution in [1.29, 1.82) is 0 Å². The highest BCUT2D eigenvalue weighted by molar-refractivity contribution is 7.89. The highest BCUT2D eigenvalue weighted by Gasteiger charge is 2.27. The molecule has 1 atom stereocenters. The number of ether oxygens (including phenoxy) is 2. The van der Waals surface area contributed by atoms with Crippen LogP contribution in [0.25, 0.3) is 0 Å². The van der Waals surface area contributed by atoms with Crippen LogP contribution in [-0.2, 0) is 16.4 Å². The fraction of sp³-hybridized carbons (Fsp3) is 0.250. The molecule has 3 rings (SSSR count). The molecule has 8 heteroatoms. The second kappa shape index (κ2) is 6.58. The van der Waals surface area contributed by atoms with Crippen LogP contribution in [0.3, 0.4) is 0 Å². The summed E-state index contributed by atoms with van der Waals surface area (Å²) < 4.78 is 51.5. The first-order chi connectivity index (χ1) is 11.4. The molecular weight excluding hydrogens is 357 g/mol. The number of benzene rings is 2. The molecule has 128 valence electrons. The average Bonchev–Trinajstić information content (AvgIpc) is 2.56. The van der Waals surface area contributed by atoms with E-state index in [9.17, 15) is 12.8 Å². The molecule has 0 bridgehead atoms. The van der Waals surface area contributed by atoms with E-state index in [1.165, 1.54) is 6.07 Å². The van der Waals surface area contributed by atoms with E-state index >= 15 is 0 Å². The average molecular weight is 372 g/mol. The van der Waals surface area contributed by atoms with Crippen LogP contribution in [0, 0.1) is 5.82 Å². The van der Waals surface area contributed by atoms with Gasteiger partial charge in [0.15, 0.2) is 11.5 Å². The SMILES string of the molecule is COc1cccc2c1OC[C@H](NS(=O)(=O)c1ccc(F)c(Cl)c1)C2. The van der Waals surface area contributed by atoms with Crippen LogP contribution in [0.4, 0.5) is 4.39 Å². The maximum atomic E-state index is 13.2. The quantitative estimate of drug-likeness (QED) is 0.897. The third-order valence-electron chi connectivity index (χ3n) is 3.70. The summed E-state index contributed by atoms with van der Waals surface area (Å²) in [6.45, 7) is 0.168. The lowest BCUT2D eigenvalue weighted by molar-refractivity contribution is 0.240. The first-order valence-corrected chi connectivity index (χ1v) is 9.03. The van der Waals surface area contributed by atoms with Gasteiger partial charge in [-0.15, -0.1) is 0 Å². The predicted molar refractivity (Wildman–Crippen MR) is 87.7 cm³/mol. The zero-order valence-electron chi connectivity index (χ0n) is 12.8. The Kier molecular flexibility index (Phi) is 4.67. The molecule has 0 saturated carbocycles. The number of rotatable bonds is 4. The van der Waals surface area contributed by atoms with Gasteiger partial charge in [0.1, 0.15) is 12.4 Å². The summed E-state index contributed by atoms with van der Waals surface area (Å²) in [5.41, 5.74) is 0.852. The van der Waals surface area contributed by atoms with Gasteiger partial charge in [-0.3, -0.25) is 0 Å². The van der Waals surface area contributed by atoms with Crippen molar-refractivity contribution in [1.82, 2.24) is 4.72 Å². The summed E-state index contributed by atoms with van der Waals surface area (Å²) in [7, 11) is -2.28. The van der Waals surface area contributed by atoms with Crippen molar-refractivity contribution in [3.8, 4) is 11.5 Å². The lowest BCUT2D eigenvalue weighted by Crippen LogP contribution is -2.42. The second-order valence-corrected chi connectivity index (χ2v) is 7.48. The van der Waals surface area contributed by atoms with E-state index in [4.69, 9.17) is 21.1 Å². The largest absolute Gasteiger partial charge is 0.493 e. The molecule has 0 unspecified atom stereocenters. The summed E-state index contributed by atoms with van der Waals surface area (Å²) in [6, 6.07) is 8.28. The van der Waals surface area contributed by atoms with Gasteiger partial charge in [-0.2, -0.15) is 0 Å². The van der Waals surface area contributed by atoms with Crippen LogP contribution >= 0.6 is 11.6 Å². The van der Waals surface area contributed by atoms with Gasteiger partial charge in [0, 0.05) is 0 Å². The first kappa shape index (κ1) is 17.0. The van der Waals surface area contributed by atoms with Crippen LogP contribution in [0.5, 0.6) is 11.5 Å². The maximum absolute atomic E-state index is 13.2. The fourth-order valence-electron chi connectivity index (χ4n) is 2.56. The molecule has 0 aromatic heterocycles. The second-order valence-electron chi connectivity index (χ2n) is 5.36. The van der Waals surface area contributed by atoms with Crippen LogP contribution in [0.1, 0.15) is 5.56 Å². The highest BCUT2D eigenvalue weighted by Crippen LogP contribution is 2.34. The third kappa shape index (κ3) is 3.33. The minimum atomic E-state index is -3.83. The molecule has 0 amide bonds.